The fourth-order valence-corrected chi connectivity index (χ4v) is 2.35. The number of guanidine groups is 1. The monoisotopic (exact) mass is 500 g/mol. The van der Waals surface area contributed by atoms with Gasteiger partial charge in [0.2, 0.25) is 5.91 Å². The van der Waals surface area contributed by atoms with Crippen LogP contribution in [0.4, 0.5) is 0 Å². The number of benzene rings is 2. The van der Waals surface area contributed by atoms with Crippen molar-refractivity contribution in [1.82, 2.24) is 15.5 Å². The quantitative estimate of drug-likeness (QED) is 0.348. The number of halogens is 2. The summed E-state index contributed by atoms with van der Waals surface area (Å²) in [6, 6.07) is 17.8. The van der Waals surface area contributed by atoms with Gasteiger partial charge in [-0.25, -0.2) is 4.99 Å². The van der Waals surface area contributed by atoms with Gasteiger partial charge in [0.15, 0.2) is 5.96 Å². The first kappa shape index (κ1) is 23.2. The SMILES string of the molecule is CN(C)C(=O)CNC(=NCc1ccccc1)NCCc1ccc(Cl)cc1.I. The van der Waals surface area contributed by atoms with Crippen molar-refractivity contribution in [3.63, 3.8) is 0 Å². The summed E-state index contributed by atoms with van der Waals surface area (Å²) in [4.78, 5) is 17.9. The van der Waals surface area contributed by atoms with E-state index < -0.39 is 0 Å². The summed E-state index contributed by atoms with van der Waals surface area (Å²) in [7, 11) is 3.47. The van der Waals surface area contributed by atoms with Crippen LogP contribution in [0.3, 0.4) is 0 Å². The lowest BCUT2D eigenvalue weighted by molar-refractivity contribution is -0.127. The lowest BCUT2D eigenvalue weighted by Gasteiger charge is -2.15. The molecule has 5 nitrogen and oxygen atoms in total. The predicted molar refractivity (Wildman–Crippen MR) is 123 cm³/mol. The molecular weight excluding hydrogens is 475 g/mol. The maximum absolute atomic E-state index is 11.8. The summed E-state index contributed by atoms with van der Waals surface area (Å²) in [5.41, 5.74) is 2.30. The van der Waals surface area contributed by atoms with E-state index in [-0.39, 0.29) is 36.4 Å². The van der Waals surface area contributed by atoms with E-state index in [1.54, 1.807) is 19.0 Å². The Morgan fingerprint density at radius 2 is 1.67 bits per heavy atom. The Bertz CT molecular complexity index is 721. The molecule has 0 aliphatic rings. The van der Waals surface area contributed by atoms with Gasteiger partial charge in [-0.05, 0) is 29.7 Å². The molecule has 2 rings (SSSR count). The molecule has 2 aromatic carbocycles. The van der Waals surface area contributed by atoms with Crippen LogP contribution in [-0.4, -0.2) is 44.0 Å². The van der Waals surface area contributed by atoms with Crippen LogP contribution in [0.25, 0.3) is 0 Å². The molecule has 0 saturated carbocycles. The highest BCUT2D eigenvalue weighted by Gasteiger charge is 2.06. The van der Waals surface area contributed by atoms with Crippen LogP contribution in [0.15, 0.2) is 59.6 Å². The number of rotatable bonds is 7. The third kappa shape index (κ3) is 9.10. The van der Waals surface area contributed by atoms with Gasteiger partial charge in [0.25, 0.3) is 0 Å². The van der Waals surface area contributed by atoms with Gasteiger partial charge in [0, 0.05) is 25.7 Å². The van der Waals surface area contributed by atoms with Gasteiger partial charge in [0.1, 0.15) is 0 Å². The third-order valence-corrected chi connectivity index (χ3v) is 4.04. The smallest absolute Gasteiger partial charge is 0.241 e. The topological polar surface area (TPSA) is 56.7 Å². The van der Waals surface area contributed by atoms with Gasteiger partial charge in [0.05, 0.1) is 13.1 Å². The molecule has 0 fully saturated rings. The zero-order valence-electron chi connectivity index (χ0n) is 15.6. The molecule has 7 heteroatoms. The highest BCUT2D eigenvalue weighted by Crippen LogP contribution is 2.09. The molecule has 2 N–H and O–H groups in total. The van der Waals surface area contributed by atoms with E-state index in [2.05, 4.69) is 15.6 Å². The molecule has 0 spiro atoms. The minimum absolute atomic E-state index is 0. The third-order valence-electron chi connectivity index (χ3n) is 3.79. The van der Waals surface area contributed by atoms with Crippen LogP contribution >= 0.6 is 35.6 Å². The fourth-order valence-electron chi connectivity index (χ4n) is 2.22. The minimum atomic E-state index is -0.00286. The standard InChI is InChI=1S/C20H25ClN4O.HI/c1-25(2)19(26)15-24-20(23-14-17-6-4-3-5-7-17)22-13-12-16-8-10-18(21)11-9-16;/h3-11H,12-15H2,1-2H3,(H2,22,23,24);1H. The Hall–Kier alpha value is -1.80. The van der Waals surface area contributed by atoms with Crippen molar-refractivity contribution in [3.05, 3.63) is 70.7 Å². The Morgan fingerprint density at radius 3 is 2.30 bits per heavy atom. The number of aliphatic imine (C=N–C) groups is 1. The molecule has 0 saturated heterocycles. The summed E-state index contributed by atoms with van der Waals surface area (Å²) in [5.74, 6) is 0.620. The van der Waals surface area contributed by atoms with Crippen molar-refractivity contribution in [2.24, 2.45) is 4.99 Å². The second kappa shape index (κ2) is 12.6. The van der Waals surface area contributed by atoms with Crippen molar-refractivity contribution in [1.29, 1.82) is 0 Å². The molecular formula is C20H26ClIN4O. The minimum Gasteiger partial charge on any atom is -0.356 e. The Labute approximate surface area is 183 Å². The summed E-state index contributed by atoms with van der Waals surface area (Å²) >= 11 is 5.91. The number of nitrogens with zero attached hydrogens (tertiary/aromatic N) is 2. The fraction of sp³-hybridized carbons (Fsp3) is 0.300. The summed E-state index contributed by atoms with van der Waals surface area (Å²) in [5, 5.41) is 7.11. The first-order chi connectivity index (χ1) is 12.5. The molecule has 27 heavy (non-hydrogen) atoms. The predicted octanol–water partition coefficient (Wildman–Crippen LogP) is 3.32. The molecule has 146 valence electrons. The number of likely N-dealkylation sites (N-methyl/N-ethyl adjacent to an activating group) is 1. The number of carbonyl (C=O) groups excluding carboxylic acids is 1. The van der Waals surface area contributed by atoms with E-state index in [9.17, 15) is 4.79 Å². The molecule has 0 heterocycles. The van der Waals surface area contributed by atoms with E-state index in [0.29, 0.717) is 19.0 Å². The Morgan fingerprint density at radius 1 is 1.00 bits per heavy atom. The van der Waals surface area contributed by atoms with Gasteiger partial charge < -0.3 is 15.5 Å². The van der Waals surface area contributed by atoms with Crippen molar-refractivity contribution in [2.75, 3.05) is 27.2 Å². The number of carbonyl (C=O) groups is 1. The molecule has 0 atom stereocenters. The second-order valence-corrected chi connectivity index (χ2v) is 6.53. The van der Waals surface area contributed by atoms with Crippen LogP contribution in [0, 0.1) is 0 Å². The maximum Gasteiger partial charge on any atom is 0.241 e. The Balaban J connectivity index is 0.00000364. The van der Waals surface area contributed by atoms with E-state index in [4.69, 9.17) is 11.6 Å². The number of hydrogen-bond acceptors (Lipinski definition) is 2. The second-order valence-electron chi connectivity index (χ2n) is 6.10. The highest BCUT2D eigenvalue weighted by molar-refractivity contribution is 14.0. The van der Waals surface area contributed by atoms with E-state index >= 15 is 0 Å². The average Bonchev–Trinajstić information content (AvgIpc) is 2.65. The van der Waals surface area contributed by atoms with Crippen LogP contribution in [0.1, 0.15) is 11.1 Å². The van der Waals surface area contributed by atoms with Gasteiger partial charge in [-0.1, -0.05) is 54.1 Å². The van der Waals surface area contributed by atoms with Crippen molar-refractivity contribution in [2.45, 2.75) is 13.0 Å². The van der Waals surface area contributed by atoms with Crippen molar-refractivity contribution < 1.29 is 4.79 Å². The van der Waals surface area contributed by atoms with Crippen LogP contribution in [-0.2, 0) is 17.8 Å². The van der Waals surface area contributed by atoms with Gasteiger partial charge in [-0.2, -0.15) is 0 Å². The summed E-state index contributed by atoms with van der Waals surface area (Å²) in [6.07, 6.45) is 0.838. The van der Waals surface area contributed by atoms with Crippen LogP contribution in [0.5, 0.6) is 0 Å². The molecule has 2 aromatic rings. The lowest BCUT2D eigenvalue weighted by atomic mass is 10.1. The number of hydrogen-bond donors (Lipinski definition) is 2. The highest BCUT2D eigenvalue weighted by atomic mass is 127. The molecule has 1 amide bonds. The zero-order valence-corrected chi connectivity index (χ0v) is 18.7. The first-order valence-electron chi connectivity index (χ1n) is 8.55. The van der Waals surface area contributed by atoms with E-state index in [1.165, 1.54) is 5.56 Å². The van der Waals surface area contributed by atoms with Gasteiger partial charge in [-0.15, -0.1) is 24.0 Å². The van der Waals surface area contributed by atoms with Crippen LogP contribution < -0.4 is 10.6 Å². The molecule has 0 aliphatic heterocycles. The van der Waals surface area contributed by atoms with Crippen molar-refractivity contribution in [3.8, 4) is 0 Å². The van der Waals surface area contributed by atoms with Crippen LogP contribution in [0.2, 0.25) is 5.02 Å². The number of nitrogens with one attached hydrogen (secondary N) is 2. The lowest BCUT2D eigenvalue weighted by Crippen LogP contribution is -2.43. The van der Waals surface area contributed by atoms with Gasteiger partial charge in [-0.3, -0.25) is 4.79 Å². The summed E-state index contributed by atoms with van der Waals surface area (Å²) < 4.78 is 0. The van der Waals surface area contributed by atoms with E-state index in [0.717, 1.165) is 17.0 Å². The Kier molecular flexibility index (Phi) is 10.8. The number of amides is 1. The first-order valence-corrected chi connectivity index (χ1v) is 8.93. The van der Waals surface area contributed by atoms with E-state index in [1.807, 2.05) is 54.6 Å². The zero-order chi connectivity index (χ0) is 18.8. The summed E-state index contributed by atoms with van der Waals surface area (Å²) in [6.45, 7) is 1.46. The molecule has 0 bridgehead atoms. The molecule has 0 aliphatic carbocycles. The molecule has 0 radical (unpaired) electrons. The molecule has 0 aromatic heterocycles. The van der Waals surface area contributed by atoms with Gasteiger partial charge >= 0.3 is 0 Å². The van der Waals surface area contributed by atoms with Crippen molar-refractivity contribution >= 4 is 47.4 Å². The molecule has 0 unspecified atom stereocenters. The average molecular weight is 501 g/mol. The largest absolute Gasteiger partial charge is 0.356 e. The normalized spacial score (nSPS) is 10.7. The maximum atomic E-state index is 11.8.